The summed E-state index contributed by atoms with van der Waals surface area (Å²) in [4.78, 5) is 56.4. The molecule has 0 N–H and O–H groups in total. The third-order valence-electron chi connectivity index (χ3n) is 6.52. The van der Waals surface area contributed by atoms with Crippen LogP contribution in [0.4, 0.5) is 10.5 Å². The van der Waals surface area contributed by atoms with E-state index >= 15 is 0 Å². The number of ketones is 2. The predicted octanol–water partition coefficient (Wildman–Crippen LogP) is 5.27. The lowest BCUT2D eigenvalue weighted by Gasteiger charge is -2.33. The summed E-state index contributed by atoms with van der Waals surface area (Å²) in [7, 11) is 1.42. The van der Waals surface area contributed by atoms with Crippen LogP contribution in [0.2, 0.25) is 0 Å². The number of benzene rings is 3. The zero-order chi connectivity index (χ0) is 26.5. The molecule has 0 bridgehead atoms. The first kappa shape index (κ1) is 24.2. The quantitative estimate of drug-likeness (QED) is 0.492. The number of amides is 2. The van der Waals surface area contributed by atoms with Gasteiger partial charge in [0.05, 0.1) is 18.4 Å². The van der Waals surface area contributed by atoms with Crippen LogP contribution in [0.3, 0.4) is 0 Å². The summed E-state index contributed by atoms with van der Waals surface area (Å²) in [6, 6.07) is 20.2. The first-order valence-corrected chi connectivity index (χ1v) is 11.8. The molecule has 2 amide bonds. The zero-order valence-corrected chi connectivity index (χ0v) is 20.9. The molecule has 7 nitrogen and oxygen atoms in total. The van der Waals surface area contributed by atoms with Crippen LogP contribution >= 0.6 is 0 Å². The number of para-hydroxylation sites is 1. The van der Waals surface area contributed by atoms with Gasteiger partial charge in [0.1, 0.15) is 16.8 Å². The Balaban J connectivity index is 1.81. The minimum absolute atomic E-state index is 0.0343. The first-order valence-electron chi connectivity index (χ1n) is 11.8. The number of rotatable bonds is 3. The van der Waals surface area contributed by atoms with Crippen molar-refractivity contribution in [1.29, 1.82) is 0 Å². The minimum Gasteiger partial charge on any atom is -0.496 e. The second kappa shape index (κ2) is 8.55. The molecule has 0 saturated heterocycles. The van der Waals surface area contributed by atoms with Crippen LogP contribution in [-0.4, -0.2) is 36.3 Å². The van der Waals surface area contributed by atoms with E-state index in [1.54, 1.807) is 93.6 Å². The Bertz CT molecular complexity index is 1500. The summed E-state index contributed by atoms with van der Waals surface area (Å²) >= 11 is 0. The van der Waals surface area contributed by atoms with Crippen molar-refractivity contribution in [1.82, 2.24) is 0 Å². The van der Waals surface area contributed by atoms with E-state index in [2.05, 4.69) is 0 Å². The number of hydrogen-bond acceptors (Lipinski definition) is 6. The second-order valence-corrected chi connectivity index (χ2v) is 9.89. The second-order valence-electron chi connectivity index (χ2n) is 9.89. The van der Waals surface area contributed by atoms with E-state index in [1.807, 2.05) is 0 Å². The van der Waals surface area contributed by atoms with Crippen molar-refractivity contribution in [2.24, 2.45) is 0 Å². The fourth-order valence-corrected chi connectivity index (χ4v) is 5.09. The van der Waals surface area contributed by atoms with Crippen molar-refractivity contribution in [2.45, 2.75) is 31.8 Å². The van der Waals surface area contributed by atoms with Crippen molar-refractivity contribution in [3.05, 3.63) is 107 Å². The van der Waals surface area contributed by atoms with Crippen LogP contribution in [0.5, 0.6) is 5.75 Å². The highest BCUT2D eigenvalue weighted by atomic mass is 16.6. The molecule has 3 aromatic rings. The maximum atomic E-state index is 14.5. The van der Waals surface area contributed by atoms with Crippen molar-refractivity contribution in [3.8, 4) is 5.75 Å². The van der Waals surface area contributed by atoms with Gasteiger partial charge in [-0.15, -0.1) is 0 Å². The van der Waals surface area contributed by atoms with Crippen LogP contribution in [-0.2, 0) is 14.9 Å². The van der Waals surface area contributed by atoms with Gasteiger partial charge in [0.25, 0.3) is 5.91 Å². The van der Waals surface area contributed by atoms with Crippen LogP contribution in [0.25, 0.3) is 0 Å². The average Bonchev–Trinajstić information content (AvgIpc) is 3.14. The molecule has 0 unspecified atom stereocenters. The fourth-order valence-electron chi connectivity index (χ4n) is 5.09. The largest absolute Gasteiger partial charge is 0.496 e. The highest BCUT2D eigenvalue weighted by molar-refractivity contribution is 6.33. The van der Waals surface area contributed by atoms with Gasteiger partial charge in [0.2, 0.25) is 0 Å². The van der Waals surface area contributed by atoms with E-state index in [4.69, 9.17) is 9.47 Å². The molecule has 0 fully saturated rings. The summed E-state index contributed by atoms with van der Waals surface area (Å²) < 4.78 is 10.9. The topological polar surface area (TPSA) is 90.0 Å². The molecule has 0 aromatic heterocycles. The van der Waals surface area contributed by atoms with Crippen LogP contribution < -0.4 is 9.64 Å². The Kier molecular flexibility index (Phi) is 5.59. The predicted molar refractivity (Wildman–Crippen MR) is 137 cm³/mol. The molecular weight excluding hydrogens is 470 g/mol. The number of nitrogens with zero attached hydrogens (tertiary/aromatic N) is 1. The summed E-state index contributed by atoms with van der Waals surface area (Å²) in [5, 5.41) is 0. The minimum atomic E-state index is -1.75. The Hall–Kier alpha value is -4.52. The Labute approximate surface area is 214 Å². The Morgan fingerprint density at radius 1 is 0.865 bits per heavy atom. The number of carbonyl (C=O) groups excluding carboxylic acids is 4. The number of hydrogen-bond donors (Lipinski definition) is 0. The maximum Gasteiger partial charge on any atom is 0.421 e. The zero-order valence-electron chi connectivity index (χ0n) is 20.9. The number of imide groups is 1. The smallest absolute Gasteiger partial charge is 0.421 e. The summed E-state index contributed by atoms with van der Waals surface area (Å²) in [6.07, 6.45) is 0.341. The van der Waals surface area contributed by atoms with Crippen molar-refractivity contribution in [3.63, 3.8) is 0 Å². The molecule has 0 spiro atoms. The lowest BCUT2D eigenvalue weighted by molar-refractivity contribution is -0.120. The molecule has 37 heavy (non-hydrogen) atoms. The number of allylic oxidation sites excluding steroid dienone is 1. The van der Waals surface area contributed by atoms with E-state index in [1.165, 1.54) is 13.2 Å². The van der Waals surface area contributed by atoms with Gasteiger partial charge in [-0.05, 0) is 44.5 Å². The molecule has 5 rings (SSSR count). The van der Waals surface area contributed by atoms with Crippen LogP contribution in [0, 0.1) is 0 Å². The van der Waals surface area contributed by atoms with Gasteiger partial charge < -0.3 is 9.47 Å². The highest BCUT2D eigenvalue weighted by Gasteiger charge is 2.59. The lowest BCUT2D eigenvalue weighted by Crippen LogP contribution is -2.48. The molecule has 0 saturated carbocycles. The highest BCUT2D eigenvalue weighted by Crippen LogP contribution is 2.52. The number of fused-ring (bicyclic) bond motifs is 2. The van der Waals surface area contributed by atoms with Gasteiger partial charge in [0, 0.05) is 16.7 Å². The molecule has 2 aliphatic rings. The first-order chi connectivity index (χ1) is 17.6. The van der Waals surface area contributed by atoms with Crippen molar-refractivity contribution >= 4 is 29.3 Å². The van der Waals surface area contributed by atoms with E-state index in [0.717, 1.165) is 4.90 Å². The summed E-state index contributed by atoms with van der Waals surface area (Å²) in [5.41, 5.74) is -1.20. The van der Waals surface area contributed by atoms with Crippen molar-refractivity contribution in [2.75, 3.05) is 12.0 Å². The third-order valence-corrected chi connectivity index (χ3v) is 6.52. The van der Waals surface area contributed by atoms with Gasteiger partial charge in [0.15, 0.2) is 11.6 Å². The van der Waals surface area contributed by atoms with E-state index in [0.29, 0.717) is 16.8 Å². The third kappa shape index (κ3) is 3.57. The molecular formula is C30H25NO6. The fraction of sp³-hybridized carbons (Fsp3) is 0.200. The molecule has 1 aliphatic heterocycles. The molecule has 1 aliphatic carbocycles. The number of Topliss-reactive ketones (excluding diaryl/α,β-unsaturated/α-hetero) is 1. The van der Waals surface area contributed by atoms with Gasteiger partial charge >= 0.3 is 6.09 Å². The molecule has 186 valence electrons. The number of ether oxygens (including phenoxy) is 2. The molecule has 3 aromatic carbocycles. The normalized spacial score (nSPS) is 18.8. The van der Waals surface area contributed by atoms with E-state index in [-0.39, 0.29) is 22.4 Å². The van der Waals surface area contributed by atoms with Gasteiger partial charge in [-0.3, -0.25) is 14.4 Å². The molecule has 1 heterocycles. The number of anilines is 1. The lowest BCUT2D eigenvalue weighted by atomic mass is 9.65. The van der Waals surface area contributed by atoms with Gasteiger partial charge in [-0.25, -0.2) is 9.69 Å². The average molecular weight is 496 g/mol. The molecule has 1 atom stereocenters. The van der Waals surface area contributed by atoms with Crippen molar-refractivity contribution < 1.29 is 28.7 Å². The monoisotopic (exact) mass is 495 g/mol. The summed E-state index contributed by atoms with van der Waals surface area (Å²) in [5.74, 6) is -1.37. The Morgan fingerprint density at radius 3 is 2.22 bits per heavy atom. The molecule has 7 heteroatoms. The molecule has 0 radical (unpaired) electrons. The summed E-state index contributed by atoms with van der Waals surface area (Å²) in [6.45, 7) is 5.12. The van der Waals surface area contributed by atoms with Gasteiger partial charge in [-0.2, -0.15) is 0 Å². The van der Waals surface area contributed by atoms with Crippen LogP contribution in [0.1, 0.15) is 52.6 Å². The Morgan fingerprint density at radius 2 is 1.54 bits per heavy atom. The number of methoxy groups -OCH3 is 1. The standard InChI is InChI=1S/C30H25NO6/c1-29(2,3)37-28(35)31-22-15-9-8-14-20(22)30(27(31)34,18-11-6-5-7-12-18)21-17-23(32)25-19(26(21)33)13-10-16-24(25)36-4/h5-17H,1-4H3/t30-/m1/s1. The van der Waals surface area contributed by atoms with E-state index in [9.17, 15) is 19.2 Å². The van der Waals surface area contributed by atoms with E-state index < -0.39 is 34.6 Å². The SMILES string of the molecule is COc1cccc2c1C(=O)C=C([C@]1(c3ccccc3)C(=O)N(C(=O)OC(C)(C)C)c3ccccc31)C2=O. The van der Waals surface area contributed by atoms with Gasteiger partial charge in [-0.1, -0.05) is 60.7 Å². The van der Waals surface area contributed by atoms with Crippen LogP contribution in [0.15, 0.2) is 84.4 Å². The number of carbonyl (C=O) groups is 4. The maximum absolute atomic E-state index is 14.5.